The van der Waals surface area contributed by atoms with Crippen LogP contribution in [0.5, 0.6) is 0 Å². The molecule has 2 heteroatoms. The number of rotatable bonds is 4. The Morgan fingerprint density at radius 3 is 2.65 bits per heavy atom. The molecule has 1 fully saturated rings. The van der Waals surface area contributed by atoms with Crippen LogP contribution < -0.4 is 5.32 Å². The molecule has 0 spiro atoms. The van der Waals surface area contributed by atoms with Crippen molar-refractivity contribution in [3.63, 3.8) is 0 Å². The molecular formula is C18H27NO. The van der Waals surface area contributed by atoms with E-state index in [9.17, 15) is 5.11 Å². The highest BCUT2D eigenvalue weighted by molar-refractivity contribution is 5.36. The largest absolute Gasteiger partial charge is 0.396 e. The number of benzene rings is 1. The van der Waals surface area contributed by atoms with Gasteiger partial charge in [-0.2, -0.15) is 0 Å². The van der Waals surface area contributed by atoms with Gasteiger partial charge in [0.1, 0.15) is 0 Å². The monoisotopic (exact) mass is 273 g/mol. The van der Waals surface area contributed by atoms with Crippen molar-refractivity contribution >= 4 is 0 Å². The SMILES string of the molecule is CC(NC1CCC(CO)CC1)c1ccc2c(c1)CCC2. The number of hydrogen-bond acceptors (Lipinski definition) is 2. The molecule has 2 aliphatic carbocycles. The summed E-state index contributed by atoms with van der Waals surface area (Å²) in [5, 5.41) is 13.0. The van der Waals surface area contributed by atoms with E-state index < -0.39 is 0 Å². The minimum Gasteiger partial charge on any atom is -0.396 e. The Bertz CT molecular complexity index is 449. The molecule has 1 atom stereocenters. The van der Waals surface area contributed by atoms with Gasteiger partial charge in [-0.1, -0.05) is 18.2 Å². The van der Waals surface area contributed by atoms with Gasteiger partial charge >= 0.3 is 0 Å². The molecule has 0 saturated heterocycles. The van der Waals surface area contributed by atoms with Crippen molar-refractivity contribution in [1.82, 2.24) is 5.32 Å². The normalized spacial score (nSPS) is 27.3. The van der Waals surface area contributed by atoms with E-state index in [1.165, 1.54) is 50.5 Å². The maximum absolute atomic E-state index is 9.21. The summed E-state index contributed by atoms with van der Waals surface area (Å²) in [6.07, 6.45) is 8.61. The quantitative estimate of drug-likeness (QED) is 0.881. The predicted molar refractivity (Wildman–Crippen MR) is 82.8 cm³/mol. The third kappa shape index (κ3) is 3.07. The molecule has 1 aromatic carbocycles. The highest BCUT2D eigenvalue weighted by atomic mass is 16.3. The van der Waals surface area contributed by atoms with Crippen LogP contribution in [0, 0.1) is 5.92 Å². The maximum atomic E-state index is 9.21. The molecule has 0 amide bonds. The Balaban J connectivity index is 1.58. The van der Waals surface area contributed by atoms with Crippen LogP contribution in [0.15, 0.2) is 18.2 Å². The minimum absolute atomic E-state index is 0.368. The van der Waals surface area contributed by atoms with Crippen LogP contribution in [0.3, 0.4) is 0 Å². The van der Waals surface area contributed by atoms with Gasteiger partial charge in [0.2, 0.25) is 0 Å². The molecule has 0 bridgehead atoms. The molecular weight excluding hydrogens is 246 g/mol. The van der Waals surface area contributed by atoms with Gasteiger partial charge in [-0.15, -0.1) is 0 Å². The zero-order chi connectivity index (χ0) is 13.9. The summed E-state index contributed by atoms with van der Waals surface area (Å²) in [7, 11) is 0. The van der Waals surface area contributed by atoms with E-state index in [0.29, 0.717) is 24.6 Å². The predicted octanol–water partition coefficient (Wildman–Crippen LogP) is 3.38. The Labute approximate surface area is 122 Å². The summed E-state index contributed by atoms with van der Waals surface area (Å²) in [5.74, 6) is 0.545. The zero-order valence-electron chi connectivity index (χ0n) is 12.6. The number of fused-ring (bicyclic) bond motifs is 1. The number of nitrogens with one attached hydrogen (secondary N) is 1. The first-order valence-electron chi connectivity index (χ1n) is 8.25. The molecule has 1 aromatic rings. The Morgan fingerprint density at radius 2 is 1.90 bits per heavy atom. The molecule has 0 aliphatic heterocycles. The molecule has 2 nitrogen and oxygen atoms in total. The molecule has 2 aliphatic rings. The van der Waals surface area contributed by atoms with Gasteiger partial charge in [0.05, 0.1) is 0 Å². The lowest BCUT2D eigenvalue weighted by molar-refractivity contribution is 0.172. The van der Waals surface area contributed by atoms with E-state index in [-0.39, 0.29) is 0 Å². The fourth-order valence-electron chi connectivity index (χ4n) is 3.82. The highest BCUT2D eigenvalue weighted by Gasteiger charge is 2.22. The third-order valence-corrected chi connectivity index (χ3v) is 5.21. The first kappa shape index (κ1) is 14.1. The van der Waals surface area contributed by atoms with Gasteiger partial charge in [-0.25, -0.2) is 0 Å². The molecule has 1 unspecified atom stereocenters. The lowest BCUT2D eigenvalue weighted by Crippen LogP contribution is -2.35. The molecule has 3 rings (SSSR count). The van der Waals surface area contributed by atoms with E-state index in [1.54, 1.807) is 11.1 Å². The summed E-state index contributed by atoms with van der Waals surface area (Å²) in [5.41, 5.74) is 4.57. The van der Waals surface area contributed by atoms with Crippen molar-refractivity contribution < 1.29 is 5.11 Å². The van der Waals surface area contributed by atoms with Crippen molar-refractivity contribution in [3.8, 4) is 0 Å². The van der Waals surface area contributed by atoms with Gasteiger partial charge < -0.3 is 10.4 Å². The average molecular weight is 273 g/mol. The van der Waals surface area contributed by atoms with Crippen LogP contribution in [0.2, 0.25) is 0 Å². The van der Waals surface area contributed by atoms with Crippen LogP contribution in [0.25, 0.3) is 0 Å². The molecule has 0 aromatic heterocycles. The van der Waals surface area contributed by atoms with E-state index >= 15 is 0 Å². The molecule has 0 heterocycles. The van der Waals surface area contributed by atoms with E-state index in [4.69, 9.17) is 0 Å². The number of aliphatic hydroxyl groups is 1. The minimum atomic E-state index is 0.368. The molecule has 0 radical (unpaired) electrons. The van der Waals surface area contributed by atoms with E-state index in [0.717, 1.165) is 0 Å². The van der Waals surface area contributed by atoms with Gasteiger partial charge in [0.15, 0.2) is 0 Å². The summed E-state index contributed by atoms with van der Waals surface area (Å²) in [4.78, 5) is 0. The Kier molecular flexibility index (Phi) is 4.42. The van der Waals surface area contributed by atoms with Crippen LogP contribution >= 0.6 is 0 Å². The van der Waals surface area contributed by atoms with Gasteiger partial charge in [0, 0.05) is 18.7 Å². The van der Waals surface area contributed by atoms with Crippen LogP contribution in [0.4, 0.5) is 0 Å². The Morgan fingerprint density at radius 1 is 1.15 bits per heavy atom. The van der Waals surface area contributed by atoms with Gasteiger partial charge in [-0.05, 0) is 74.5 Å². The number of aliphatic hydroxyl groups excluding tert-OH is 1. The smallest absolute Gasteiger partial charge is 0.0459 e. The molecule has 1 saturated carbocycles. The van der Waals surface area contributed by atoms with Gasteiger partial charge in [-0.3, -0.25) is 0 Å². The second-order valence-electron chi connectivity index (χ2n) is 6.67. The topological polar surface area (TPSA) is 32.3 Å². The molecule has 110 valence electrons. The number of hydrogen-bond donors (Lipinski definition) is 2. The summed E-state index contributed by atoms with van der Waals surface area (Å²) in [6, 6.07) is 8.12. The van der Waals surface area contributed by atoms with Crippen molar-refractivity contribution in [2.75, 3.05) is 6.61 Å². The zero-order valence-corrected chi connectivity index (χ0v) is 12.6. The fourth-order valence-corrected chi connectivity index (χ4v) is 3.82. The summed E-state index contributed by atoms with van der Waals surface area (Å²) < 4.78 is 0. The van der Waals surface area contributed by atoms with Crippen LogP contribution in [-0.4, -0.2) is 17.8 Å². The van der Waals surface area contributed by atoms with Crippen molar-refractivity contribution in [1.29, 1.82) is 0 Å². The highest BCUT2D eigenvalue weighted by Crippen LogP contribution is 2.28. The lowest BCUT2D eigenvalue weighted by atomic mass is 9.86. The Hall–Kier alpha value is -0.860. The molecule has 2 N–H and O–H groups in total. The maximum Gasteiger partial charge on any atom is 0.0459 e. The summed E-state index contributed by atoms with van der Waals surface area (Å²) in [6.45, 7) is 2.65. The van der Waals surface area contributed by atoms with Crippen molar-refractivity contribution in [3.05, 3.63) is 34.9 Å². The fraction of sp³-hybridized carbons (Fsp3) is 0.667. The average Bonchev–Trinajstić information content (AvgIpc) is 2.95. The van der Waals surface area contributed by atoms with Crippen LogP contribution in [0.1, 0.15) is 61.8 Å². The van der Waals surface area contributed by atoms with E-state index in [2.05, 4.69) is 30.4 Å². The first-order chi connectivity index (χ1) is 9.76. The first-order valence-corrected chi connectivity index (χ1v) is 8.25. The second kappa shape index (κ2) is 6.28. The summed E-state index contributed by atoms with van der Waals surface area (Å²) >= 11 is 0. The number of aryl methyl sites for hydroxylation is 2. The lowest BCUT2D eigenvalue weighted by Gasteiger charge is -2.30. The molecule has 20 heavy (non-hydrogen) atoms. The standard InChI is InChI=1S/C18H27NO/c1-13(19-18-9-5-14(12-20)6-10-18)16-8-7-15-3-2-4-17(15)11-16/h7-8,11,13-14,18-20H,2-6,9-10,12H2,1H3. The third-order valence-electron chi connectivity index (χ3n) is 5.21. The van der Waals surface area contributed by atoms with Crippen molar-refractivity contribution in [2.24, 2.45) is 5.92 Å². The van der Waals surface area contributed by atoms with Crippen molar-refractivity contribution in [2.45, 2.75) is 64.0 Å². The van der Waals surface area contributed by atoms with Gasteiger partial charge in [0.25, 0.3) is 0 Å². The van der Waals surface area contributed by atoms with Crippen LogP contribution in [-0.2, 0) is 12.8 Å². The second-order valence-corrected chi connectivity index (χ2v) is 6.67. The van der Waals surface area contributed by atoms with E-state index in [1.807, 2.05) is 0 Å².